The molecule has 0 saturated carbocycles. The van der Waals surface area contributed by atoms with E-state index in [0.29, 0.717) is 16.8 Å². The van der Waals surface area contributed by atoms with Gasteiger partial charge in [-0.25, -0.2) is 14.5 Å². The lowest BCUT2D eigenvalue weighted by atomic mass is 10.1. The molecule has 0 spiro atoms. The highest BCUT2D eigenvalue weighted by Gasteiger charge is 2.30. The Balaban J connectivity index is 2.19. The quantitative estimate of drug-likeness (QED) is 0.678. The van der Waals surface area contributed by atoms with Crippen molar-refractivity contribution in [1.29, 1.82) is 0 Å². The average Bonchev–Trinajstić information content (AvgIpc) is 2.86. The first-order valence-electron chi connectivity index (χ1n) is 5.37. The lowest BCUT2D eigenvalue weighted by molar-refractivity contribution is -0.137. The average molecular weight is 264 g/mol. The molecule has 96 valence electrons. The third kappa shape index (κ3) is 2.03. The molecule has 3 rings (SSSR count). The van der Waals surface area contributed by atoms with Crippen molar-refractivity contribution in [2.24, 2.45) is 0 Å². The Bertz CT molecular complexity index is 733. The largest absolute Gasteiger partial charge is 0.416 e. The van der Waals surface area contributed by atoms with Gasteiger partial charge in [-0.3, -0.25) is 0 Å². The molecule has 0 amide bonds. The van der Waals surface area contributed by atoms with Crippen LogP contribution in [0.5, 0.6) is 0 Å². The summed E-state index contributed by atoms with van der Waals surface area (Å²) in [5.41, 5.74) is 0.674. The van der Waals surface area contributed by atoms with E-state index >= 15 is 0 Å². The van der Waals surface area contributed by atoms with Crippen LogP contribution in [0.25, 0.3) is 16.8 Å². The molecule has 0 saturated heterocycles. The van der Waals surface area contributed by atoms with Gasteiger partial charge in [0.2, 0.25) is 0 Å². The van der Waals surface area contributed by atoms with E-state index < -0.39 is 11.7 Å². The van der Waals surface area contributed by atoms with Gasteiger partial charge >= 0.3 is 6.18 Å². The molecule has 2 heterocycles. The molecule has 0 atom stereocenters. The lowest BCUT2D eigenvalue weighted by Gasteiger charge is -2.08. The Morgan fingerprint density at radius 2 is 2.00 bits per heavy atom. The Labute approximate surface area is 105 Å². The predicted octanol–water partition coefficient (Wildman–Crippen LogP) is 2.81. The van der Waals surface area contributed by atoms with E-state index in [2.05, 4.69) is 15.1 Å². The van der Waals surface area contributed by atoms with Crippen LogP contribution in [-0.2, 0) is 6.18 Å². The smallest absolute Gasteiger partial charge is 0.244 e. The summed E-state index contributed by atoms with van der Waals surface area (Å²) in [6.45, 7) is 0. The van der Waals surface area contributed by atoms with E-state index in [9.17, 15) is 13.2 Å². The molecule has 0 aliphatic heterocycles. The molecule has 0 N–H and O–H groups in total. The monoisotopic (exact) mass is 264 g/mol. The molecule has 1 aromatic carbocycles. The number of benzene rings is 1. The Hall–Kier alpha value is -2.44. The third-order valence-electron chi connectivity index (χ3n) is 2.69. The molecule has 3 aromatic rings. The van der Waals surface area contributed by atoms with Gasteiger partial charge in [-0.2, -0.15) is 18.3 Å². The standard InChI is InChI=1S/C12H7F3N4/c13-12(14,15)9-3-1-2-8(4-9)10-5-16-7-19-11(10)17-6-18-19/h1-7H. The maximum atomic E-state index is 12.7. The van der Waals surface area contributed by atoms with Gasteiger partial charge in [0, 0.05) is 11.8 Å². The number of halogens is 3. The van der Waals surface area contributed by atoms with E-state index in [1.165, 1.54) is 29.4 Å². The van der Waals surface area contributed by atoms with Crippen LogP contribution in [0.2, 0.25) is 0 Å². The normalized spacial score (nSPS) is 11.9. The van der Waals surface area contributed by atoms with E-state index in [0.717, 1.165) is 12.1 Å². The fraction of sp³-hybridized carbons (Fsp3) is 0.0833. The number of rotatable bonds is 1. The van der Waals surface area contributed by atoms with Crippen molar-refractivity contribution in [3.63, 3.8) is 0 Å². The molecule has 0 unspecified atom stereocenters. The molecule has 0 aliphatic rings. The van der Waals surface area contributed by atoms with E-state index in [-0.39, 0.29) is 0 Å². The van der Waals surface area contributed by atoms with E-state index in [1.807, 2.05) is 0 Å². The number of alkyl halides is 3. The van der Waals surface area contributed by atoms with Gasteiger partial charge in [0.05, 0.1) is 5.56 Å². The number of hydrogen-bond donors (Lipinski definition) is 0. The van der Waals surface area contributed by atoms with Crippen molar-refractivity contribution in [2.75, 3.05) is 0 Å². The van der Waals surface area contributed by atoms with Crippen LogP contribution < -0.4 is 0 Å². The molecule has 2 aromatic heterocycles. The van der Waals surface area contributed by atoms with Crippen LogP contribution in [0.1, 0.15) is 5.56 Å². The molecule has 19 heavy (non-hydrogen) atoms. The van der Waals surface area contributed by atoms with Crippen LogP contribution in [-0.4, -0.2) is 19.6 Å². The Morgan fingerprint density at radius 1 is 1.16 bits per heavy atom. The second-order valence-electron chi connectivity index (χ2n) is 3.91. The third-order valence-corrected chi connectivity index (χ3v) is 2.69. The highest BCUT2D eigenvalue weighted by Crippen LogP contribution is 2.32. The van der Waals surface area contributed by atoms with Crippen molar-refractivity contribution >= 4 is 5.65 Å². The van der Waals surface area contributed by atoms with Crippen LogP contribution in [0, 0.1) is 0 Å². The molecule has 7 heteroatoms. The van der Waals surface area contributed by atoms with Gasteiger partial charge < -0.3 is 0 Å². The van der Waals surface area contributed by atoms with Crippen molar-refractivity contribution in [1.82, 2.24) is 19.6 Å². The zero-order valence-corrected chi connectivity index (χ0v) is 9.46. The molecular weight excluding hydrogens is 257 g/mol. The number of aromatic nitrogens is 4. The summed E-state index contributed by atoms with van der Waals surface area (Å²) in [5, 5.41) is 3.90. The van der Waals surface area contributed by atoms with Crippen LogP contribution in [0.3, 0.4) is 0 Å². The van der Waals surface area contributed by atoms with Gasteiger partial charge in [0.1, 0.15) is 12.7 Å². The van der Waals surface area contributed by atoms with Gasteiger partial charge in [-0.15, -0.1) is 0 Å². The fourth-order valence-corrected chi connectivity index (χ4v) is 1.82. The summed E-state index contributed by atoms with van der Waals surface area (Å²) >= 11 is 0. The predicted molar refractivity (Wildman–Crippen MR) is 61.2 cm³/mol. The fourth-order valence-electron chi connectivity index (χ4n) is 1.82. The summed E-state index contributed by atoms with van der Waals surface area (Å²) in [6, 6.07) is 5.05. The van der Waals surface area contributed by atoms with Gasteiger partial charge in [0.15, 0.2) is 5.65 Å². The van der Waals surface area contributed by atoms with Crippen molar-refractivity contribution < 1.29 is 13.2 Å². The maximum Gasteiger partial charge on any atom is 0.416 e. The van der Waals surface area contributed by atoms with Gasteiger partial charge in [0.25, 0.3) is 0 Å². The minimum Gasteiger partial charge on any atom is -0.244 e. The second kappa shape index (κ2) is 4.04. The van der Waals surface area contributed by atoms with Crippen LogP contribution in [0.4, 0.5) is 13.2 Å². The van der Waals surface area contributed by atoms with Crippen LogP contribution in [0.15, 0.2) is 43.1 Å². The van der Waals surface area contributed by atoms with Crippen molar-refractivity contribution in [2.45, 2.75) is 6.18 Å². The maximum absolute atomic E-state index is 12.7. The van der Waals surface area contributed by atoms with Crippen LogP contribution >= 0.6 is 0 Å². The number of fused-ring (bicyclic) bond motifs is 1. The Kier molecular flexibility index (Phi) is 2.48. The van der Waals surface area contributed by atoms with Crippen molar-refractivity contribution in [3.8, 4) is 11.1 Å². The molecule has 4 nitrogen and oxygen atoms in total. The zero-order valence-electron chi connectivity index (χ0n) is 9.46. The van der Waals surface area contributed by atoms with Gasteiger partial charge in [-0.1, -0.05) is 12.1 Å². The topological polar surface area (TPSA) is 43.1 Å². The summed E-state index contributed by atoms with van der Waals surface area (Å²) < 4.78 is 39.5. The van der Waals surface area contributed by atoms with Gasteiger partial charge in [-0.05, 0) is 17.7 Å². The lowest BCUT2D eigenvalue weighted by Crippen LogP contribution is -2.04. The van der Waals surface area contributed by atoms with Crippen molar-refractivity contribution in [3.05, 3.63) is 48.7 Å². The first-order chi connectivity index (χ1) is 9.05. The van der Waals surface area contributed by atoms with E-state index in [4.69, 9.17) is 0 Å². The number of hydrogen-bond acceptors (Lipinski definition) is 3. The highest BCUT2D eigenvalue weighted by molar-refractivity contribution is 5.76. The summed E-state index contributed by atoms with van der Waals surface area (Å²) in [5.74, 6) is 0. The minimum atomic E-state index is -4.37. The summed E-state index contributed by atoms with van der Waals surface area (Å²) in [7, 11) is 0. The number of nitrogens with zero attached hydrogens (tertiary/aromatic N) is 4. The zero-order chi connectivity index (χ0) is 13.5. The summed E-state index contributed by atoms with van der Waals surface area (Å²) in [4.78, 5) is 7.95. The highest BCUT2D eigenvalue weighted by atomic mass is 19.4. The SMILES string of the molecule is FC(F)(F)c1cccc(-c2cncn3ncnc23)c1. The minimum absolute atomic E-state index is 0.404. The summed E-state index contributed by atoms with van der Waals surface area (Å²) in [6.07, 6.45) is -0.130. The molecule has 0 radical (unpaired) electrons. The molecule has 0 bridgehead atoms. The molecule has 0 aliphatic carbocycles. The second-order valence-corrected chi connectivity index (χ2v) is 3.91. The molecular formula is C12H7F3N4. The first-order valence-corrected chi connectivity index (χ1v) is 5.37. The van der Waals surface area contributed by atoms with E-state index in [1.54, 1.807) is 6.07 Å². The molecule has 0 fully saturated rings. The first kappa shape index (κ1) is 11.6. The Morgan fingerprint density at radius 3 is 2.79 bits per heavy atom.